The van der Waals surface area contributed by atoms with E-state index in [9.17, 15) is 10.1 Å². The van der Waals surface area contributed by atoms with Crippen LogP contribution < -0.4 is 15.0 Å². The van der Waals surface area contributed by atoms with E-state index in [0.29, 0.717) is 12.1 Å². The second kappa shape index (κ2) is 13.0. The average Bonchev–Trinajstić information content (AvgIpc) is 3.11. The number of aliphatic carboxylic acids is 1. The molecule has 1 aliphatic heterocycles. The van der Waals surface area contributed by atoms with Crippen molar-refractivity contribution in [1.82, 2.24) is 0 Å². The first-order valence-corrected chi connectivity index (χ1v) is 14.1. The Kier molecular flexibility index (Phi) is 10.0. The number of hydrogen-bond acceptors (Lipinski definition) is 4. The Balaban J connectivity index is 1.85. The lowest BCUT2D eigenvalue weighted by atomic mass is 9.79. The van der Waals surface area contributed by atoms with Gasteiger partial charge in [0.25, 0.3) is 0 Å². The molecule has 0 spiro atoms. The summed E-state index contributed by atoms with van der Waals surface area (Å²) >= 11 is 0. The molecule has 3 N–H and O–H groups in total. The van der Waals surface area contributed by atoms with Gasteiger partial charge in [-0.05, 0) is 79.3 Å². The molecule has 0 atom stereocenters. The minimum absolute atomic E-state index is 0.116. The molecule has 0 bridgehead atoms. The molecular formula is C34H44N3O3+. The largest absolute Gasteiger partial charge is 0.497 e. The van der Waals surface area contributed by atoms with Crippen LogP contribution in [0.3, 0.4) is 0 Å². The van der Waals surface area contributed by atoms with E-state index in [2.05, 4.69) is 95.0 Å². The third-order valence-corrected chi connectivity index (χ3v) is 7.68. The summed E-state index contributed by atoms with van der Waals surface area (Å²) in [5.41, 5.74) is 7.19. The summed E-state index contributed by atoms with van der Waals surface area (Å²) in [6, 6.07) is 14.9. The Hall–Kier alpha value is -3.82. The van der Waals surface area contributed by atoms with Gasteiger partial charge in [0.2, 0.25) is 0 Å². The molecule has 0 saturated heterocycles. The molecule has 40 heavy (non-hydrogen) atoms. The zero-order valence-corrected chi connectivity index (χ0v) is 25.0. The molecular weight excluding hydrogens is 498 g/mol. The fraction of sp³-hybridized carbons (Fsp3) is 0.412. The van der Waals surface area contributed by atoms with Crippen molar-refractivity contribution in [3.05, 3.63) is 88.7 Å². The zero-order valence-electron chi connectivity index (χ0n) is 25.0. The van der Waals surface area contributed by atoms with Crippen LogP contribution in [0.2, 0.25) is 0 Å². The average molecular weight is 543 g/mol. The van der Waals surface area contributed by atoms with Crippen molar-refractivity contribution in [3.8, 4) is 11.8 Å². The molecule has 6 heteroatoms. The number of hydrogen-bond donors (Lipinski definition) is 2. The van der Waals surface area contributed by atoms with E-state index in [1.165, 1.54) is 28.1 Å². The lowest BCUT2D eigenvalue weighted by Gasteiger charge is -2.26. The molecule has 212 valence electrons. The Morgan fingerprint density at radius 1 is 1.23 bits per heavy atom. The summed E-state index contributed by atoms with van der Waals surface area (Å²) < 4.78 is 5.50. The first kappa shape index (κ1) is 30.7. The molecule has 0 radical (unpaired) electrons. The molecule has 1 aliphatic rings. The van der Waals surface area contributed by atoms with E-state index >= 15 is 0 Å². The topological polar surface area (TPSA) is 90.2 Å². The first-order valence-electron chi connectivity index (χ1n) is 14.1. The van der Waals surface area contributed by atoms with E-state index in [1.54, 1.807) is 7.11 Å². The highest BCUT2D eigenvalue weighted by Crippen LogP contribution is 2.49. The van der Waals surface area contributed by atoms with Gasteiger partial charge < -0.3 is 20.1 Å². The molecule has 0 aromatic heterocycles. The Morgan fingerprint density at radius 3 is 2.62 bits per heavy atom. The van der Waals surface area contributed by atoms with Crippen LogP contribution in [-0.2, 0) is 15.6 Å². The summed E-state index contributed by atoms with van der Waals surface area (Å²) in [5.74, 6) is 0.0555. The number of methoxy groups -OCH3 is 1. The second-order valence-electron chi connectivity index (χ2n) is 11.7. The van der Waals surface area contributed by atoms with Gasteiger partial charge in [-0.2, -0.15) is 5.26 Å². The fourth-order valence-corrected chi connectivity index (χ4v) is 5.42. The molecule has 0 unspecified atom stereocenters. The van der Waals surface area contributed by atoms with Gasteiger partial charge in [-0.25, -0.2) is 0 Å². The van der Waals surface area contributed by atoms with Gasteiger partial charge in [-0.15, -0.1) is 0 Å². The Bertz CT molecular complexity index is 1360. The number of nitrogens with two attached hydrogens (primary N) is 1. The van der Waals surface area contributed by atoms with Crippen molar-refractivity contribution >= 4 is 17.3 Å². The van der Waals surface area contributed by atoms with Crippen LogP contribution in [-0.4, -0.2) is 31.3 Å². The number of carboxylic acids is 1. The van der Waals surface area contributed by atoms with Gasteiger partial charge >= 0.3 is 5.97 Å². The SMILES string of the molecule is CCCN1/C(=C/C=C(C#N)/C=C/CC(C)(C)c2cc(C)ccc2[NH2+]CCC(=O)O)C(C)(C)c2cc(OC)ccc21. The normalized spacial score (nSPS) is 15.9. The number of fused-ring (bicyclic) bond motifs is 1. The van der Waals surface area contributed by atoms with Gasteiger partial charge in [0, 0.05) is 28.9 Å². The molecule has 1 heterocycles. The lowest BCUT2D eigenvalue weighted by Crippen LogP contribution is -2.79. The summed E-state index contributed by atoms with van der Waals surface area (Å²) in [6.07, 6.45) is 9.85. The quantitative estimate of drug-likeness (QED) is 0.183. The maximum Gasteiger partial charge on any atom is 0.309 e. The fourth-order valence-electron chi connectivity index (χ4n) is 5.42. The summed E-state index contributed by atoms with van der Waals surface area (Å²) in [7, 11) is 1.69. The zero-order chi connectivity index (χ0) is 29.5. The van der Waals surface area contributed by atoms with Crippen LogP contribution >= 0.6 is 0 Å². The number of carbonyl (C=O) groups is 1. The van der Waals surface area contributed by atoms with E-state index in [-0.39, 0.29) is 17.3 Å². The predicted molar refractivity (Wildman–Crippen MR) is 162 cm³/mol. The molecule has 0 saturated carbocycles. The summed E-state index contributed by atoms with van der Waals surface area (Å²) in [4.78, 5) is 13.3. The maximum absolute atomic E-state index is 11.0. The number of rotatable bonds is 12. The van der Waals surface area contributed by atoms with Gasteiger partial charge in [-0.3, -0.25) is 4.79 Å². The standard InChI is InChI=1S/C34H43N3O3/c1-8-20-37-30-15-13-26(40-7)22-28(30)34(5,6)31(37)16-12-25(23-35)10-9-18-33(3,4)27-21-24(2)11-14-29(27)36-19-17-32(38)39/h9-16,21-22,36H,8,17-20H2,1-7H3,(H,38,39)/p+1/b10-9+,25-12-,31-16+. The highest BCUT2D eigenvalue weighted by atomic mass is 16.5. The minimum atomic E-state index is -0.791. The van der Waals surface area contributed by atoms with Crippen molar-refractivity contribution in [2.75, 3.05) is 25.1 Å². The molecule has 6 nitrogen and oxygen atoms in total. The minimum Gasteiger partial charge on any atom is -0.497 e. The predicted octanol–water partition coefficient (Wildman–Crippen LogP) is 6.44. The van der Waals surface area contributed by atoms with Crippen molar-refractivity contribution in [1.29, 1.82) is 5.26 Å². The highest BCUT2D eigenvalue weighted by molar-refractivity contribution is 5.72. The van der Waals surface area contributed by atoms with Crippen LogP contribution in [0.1, 0.15) is 70.6 Å². The highest BCUT2D eigenvalue weighted by Gasteiger charge is 2.39. The molecule has 2 aromatic carbocycles. The van der Waals surface area contributed by atoms with Crippen LogP contribution in [0.4, 0.5) is 11.4 Å². The monoisotopic (exact) mass is 542 g/mol. The summed E-state index contributed by atoms with van der Waals surface area (Å²) in [5, 5.41) is 21.0. The van der Waals surface area contributed by atoms with Crippen molar-refractivity contribution in [3.63, 3.8) is 0 Å². The molecule has 2 aromatic rings. The number of benzene rings is 2. The van der Waals surface area contributed by atoms with E-state index < -0.39 is 5.97 Å². The number of nitrogens with zero attached hydrogens (tertiary/aromatic N) is 2. The maximum atomic E-state index is 11.0. The summed E-state index contributed by atoms with van der Waals surface area (Å²) in [6.45, 7) is 14.5. The number of nitriles is 1. The number of allylic oxidation sites excluding steroid dienone is 6. The van der Waals surface area contributed by atoms with Crippen LogP contribution in [0.5, 0.6) is 5.75 Å². The van der Waals surface area contributed by atoms with Gasteiger partial charge in [0.05, 0.1) is 31.7 Å². The van der Waals surface area contributed by atoms with Gasteiger partial charge in [0.15, 0.2) is 0 Å². The molecule has 0 fully saturated rings. The molecule has 0 amide bonds. The molecule has 0 aliphatic carbocycles. The number of carboxylic acid groups (broad SMARTS) is 1. The van der Waals surface area contributed by atoms with Crippen LogP contribution in [0.15, 0.2) is 72.0 Å². The van der Waals surface area contributed by atoms with Crippen molar-refractivity contribution < 1.29 is 20.0 Å². The lowest BCUT2D eigenvalue weighted by molar-refractivity contribution is -0.571. The van der Waals surface area contributed by atoms with E-state index in [4.69, 9.17) is 9.84 Å². The number of aryl methyl sites for hydroxylation is 1. The van der Waals surface area contributed by atoms with E-state index in [0.717, 1.165) is 30.8 Å². The Labute approximate surface area is 239 Å². The third kappa shape index (κ3) is 7.03. The van der Waals surface area contributed by atoms with Gasteiger partial charge in [0.1, 0.15) is 11.4 Å². The smallest absolute Gasteiger partial charge is 0.309 e. The van der Waals surface area contributed by atoms with Crippen LogP contribution in [0.25, 0.3) is 0 Å². The number of anilines is 1. The third-order valence-electron chi connectivity index (χ3n) is 7.68. The van der Waals surface area contributed by atoms with Crippen molar-refractivity contribution in [2.45, 2.75) is 71.6 Å². The number of ether oxygens (including phenoxy) is 1. The number of quaternary nitrogens is 1. The Morgan fingerprint density at radius 2 is 1.98 bits per heavy atom. The second-order valence-corrected chi connectivity index (χ2v) is 11.7. The molecule has 3 rings (SSSR count). The van der Waals surface area contributed by atoms with E-state index in [1.807, 2.05) is 23.5 Å². The van der Waals surface area contributed by atoms with Crippen LogP contribution in [0, 0.1) is 18.3 Å². The van der Waals surface area contributed by atoms with Gasteiger partial charge in [-0.1, -0.05) is 52.3 Å². The van der Waals surface area contributed by atoms with Crippen molar-refractivity contribution in [2.24, 2.45) is 0 Å². The first-order chi connectivity index (χ1) is 18.9.